The first-order chi connectivity index (χ1) is 9.78. The van der Waals surface area contributed by atoms with Gasteiger partial charge in [0.25, 0.3) is 0 Å². The number of hydrogen-bond donors (Lipinski definition) is 0. The van der Waals surface area contributed by atoms with E-state index in [1.54, 1.807) is 7.11 Å². The molecule has 3 rings (SSSR count). The van der Waals surface area contributed by atoms with Crippen molar-refractivity contribution in [2.24, 2.45) is 0 Å². The van der Waals surface area contributed by atoms with Crippen molar-refractivity contribution < 1.29 is 4.74 Å². The highest BCUT2D eigenvalue weighted by Gasteiger charge is 2.26. The fourth-order valence-corrected chi connectivity index (χ4v) is 3.02. The molecular weight excluding hydrogens is 316 g/mol. The molecule has 3 nitrogen and oxygen atoms in total. The van der Waals surface area contributed by atoms with Crippen molar-refractivity contribution in [3.63, 3.8) is 0 Å². The molecule has 104 valence electrons. The summed E-state index contributed by atoms with van der Waals surface area (Å²) in [4.78, 5) is 6.82. The van der Waals surface area contributed by atoms with Gasteiger partial charge in [0.2, 0.25) is 0 Å². The molecular formula is C16H17BrN2O. The minimum absolute atomic E-state index is 0.511. The molecule has 1 aromatic heterocycles. The average Bonchev–Trinajstić information content (AvgIpc) is 2.97. The monoisotopic (exact) mass is 332 g/mol. The van der Waals surface area contributed by atoms with Gasteiger partial charge in [0.05, 0.1) is 7.11 Å². The molecule has 2 aromatic rings. The van der Waals surface area contributed by atoms with Crippen LogP contribution in [-0.2, 0) is 0 Å². The first-order valence-corrected chi connectivity index (χ1v) is 7.56. The smallest absolute Gasteiger partial charge is 0.128 e. The van der Waals surface area contributed by atoms with Gasteiger partial charge in [0.15, 0.2) is 0 Å². The van der Waals surface area contributed by atoms with Crippen molar-refractivity contribution >= 4 is 21.7 Å². The summed E-state index contributed by atoms with van der Waals surface area (Å²) in [6, 6.07) is 12.4. The van der Waals surface area contributed by atoms with Crippen molar-refractivity contribution in [1.82, 2.24) is 4.98 Å². The Balaban J connectivity index is 1.78. The lowest BCUT2D eigenvalue weighted by atomic mass is 9.97. The summed E-state index contributed by atoms with van der Waals surface area (Å²) >= 11 is 3.42. The molecule has 0 bridgehead atoms. The topological polar surface area (TPSA) is 25.4 Å². The molecule has 1 aromatic carbocycles. The molecule has 1 unspecified atom stereocenters. The molecule has 2 heterocycles. The van der Waals surface area contributed by atoms with Gasteiger partial charge in [-0.15, -0.1) is 0 Å². The second-order valence-electron chi connectivity index (χ2n) is 5.01. The molecule has 0 amide bonds. The Bertz CT molecular complexity index is 585. The van der Waals surface area contributed by atoms with Crippen molar-refractivity contribution in [2.75, 3.05) is 25.1 Å². The minimum Gasteiger partial charge on any atom is -0.496 e. The lowest BCUT2D eigenvalue weighted by Crippen LogP contribution is -2.20. The zero-order valence-electron chi connectivity index (χ0n) is 11.4. The minimum atomic E-state index is 0.511. The van der Waals surface area contributed by atoms with Gasteiger partial charge in [-0.05, 0) is 46.1 Å². The van der Waals surface area contributed by atoms with Gasteiger partial charge in [-0.3, -0.25) is 0 Å². The van der Waals surface area contributed by atoms with Gasteiger partial charge in [0.1, 0.15) is 11.6 Å². The Hall–Kier alpha value is -1.55. The summed E-state index contributed by atoms with van der Waals surface area (Å²) < 4.78 is 6.49. The highest BCUT2D eigenvalue weighted by atomic mass is 79.9. The maximum atomic E-state index is 5.47. The number of benzene rings is 1. The highest BCUT2D eigenvalue weighted by molar-refractivity contribution is 9.10. The number of hydrogen-bond acceptors (Lipinski definition) is 3. The van der Waals surface area contributed by atoms with Crippen LogP contribution in [0.1, 0.15) is 17.9 Å². The number of rotatable bonds is 3. The SMILES string of the molecule is COc1ccccc1C1CCN(c2ccc(Br)cn2)C1. The Morgan fingerprint density at radius 3 is 2.85 bits per heavy atom. The molecule has 1 saturated heterocycles. The quantitative estimate of drug-likeness (QED) is 0.853. The number of methoxy groups -OCH3 is 1. The molecule has 0 radical (unpaired) electrons. The van der Waals surface area contributed by atoms with Crippen LogP contribution in [0.5, 0.6) is 5.75 Å². The Kier molecular flexibility index (Phi) is 3.92. The van der Waals surface area contributed by atoms with Crippen LogP contribution in [0.15, 0.2) is 47.1 Å². The van der Waals surface area contributed by atoms with Gasteiger partial charge >= 0.3 is 0 Å². The van der Waals surface area contributed by atoms with Crippen molar-refractivity contribution in [3.8, 4) is 5.75 Å². The van der Waals surface area contributed by atoms with Crippen LogP contribution >= 0.6 is 15.9 Å². The van der Waals surface area contributed by atoms with E-state index in [9.17, 15) is 0 Å². The van der Waals surface area contributed by atoms with Crippen LogP contribution in [-0.4, -0.2) is 25.2 Å². The first-order valence-electron chi connectivity index (χ1n) is 6.77. The summed E-state index contributed by atoms with van der Waals surface area (Å²) in [5, 5.41) is 0. The van der Waals surface area contributed by atoms with Crippen LogP contribution in [0, 0.1) is 0 Å². The van der Waals surface area contributed by atoms with Gasteiger partial charge < -0.3 is 9.64 Å². The van der Waals surface area contributed by atoms with E-state index in [1.165, 1.54) is 5.56 Å². The van der Waals surface area contributed by atoms with Gasteiger partial charge in [0, 0.05) is 29.7 Å². The van der Waals surface area contributed by atoms with Gasteiger partial charge in [-0.1, -0.05) is 18.2 Å². The molecule has 0 spiro atoms. The third-order valence-electron chi connectivity index (χ3n) is 3.80. The predicted molar refractivity (Wildman–Crippen MR) is 84.5 cm³/mol. The molecule has 20 heavy (non-hydrogen) atoms. The molecule has 0 N–H and O–H groups in total. The van der Waals surface area contributed by atoms with Crippen molar-refractivity contribution in [2.45, 2.75) is 12.3 Å². The van der Waals surface area contributed by atoms with Gasteiger partial charge in [-0.25, -0.2) is 4.98 Å². The fraction of sp³-hybridized carbons (Fsp3) is 0.312. The van der Waals surface area contributed by atoms with Crippen LogP contribution < -0.4 is 9.64 Å². The van der Waals surface area contributed by atoms with E-state index in [4.69, 9.17) is 4.74 Å². The molecule has 1 aliphatic rings. The lowest BCUT2D eigenvalue weighted by Gasteiger charge is -2.18. The second kappa shape index (κ2) is 5.83. The number of para-hydroxylation sites is 1. The normalized spacial score (nSPS) is 18.3. The van der Waals surface area contributed by atoms with E-state index in [-0.39, 0.29) is 0 Å². The number of ether oxygens (including phenoxy) is 1. The fourth-order valence-electron chi connectivity index (χ4n) is 2.78. The molecule has 1 atom stereocenters. The third kappa shape index (κ3) is 2.66. The zero-order chi connectivity index (χ0) is 13.9. The maximum Gasteiger partial charge on any atom is 0.128 e. The van der Waals surface area contributed by atoms with E-state index in [0.717, 1.165) is 35.6 Å². The Morgan fingerprint density at radius 2 is 2.10 bits per heavy atom. The summed E-state index contributed by atoms with van der Waals surface area (Å²) in [6.07, 6.45) is 2.99. The summed E-state index contributed by atoms with van der Waals surface area (Å²) in [5.74, 6) is 2.55. The largest absolute Gasteiger partial charge is 0.496 e. The summed E-state index contributed by atoms with van der Waals surface area (Å²) in [6.45, 7) is 2.03. The number of nitrogens with zero attached hydrogens (tertiary/aromatic N) is 2. The van der Waals surface area contributed by atoms with Gasteiger partial charge in [-0.2, -0.15) is 0 Å². The van der Waals surface area contributed by atoms with Crippen LogP contribution in [0.25, 0.3) is 0 Å². The van der Waals surface area contributed by atoms with Crippen LogP contribution in [0.3, 0.4) is 0 Å². The third-order valence-corrected chi connectivity index (χ3v) is 4.27. The second-order valence-corrected chi connectivity index (χ2v) is 5.92. The summed E-state index contributed by atoms with van der Waals surface area (Å²) in [5.41, 5.74) is 1.30. The van der Waals surface area contributed by atoms with E-state index >= 15 is 0 Å². The van der Waals surface area contributed by atoms with E-state index < -0.39 is 0 Å². The number of aromatic nitrogens is 1. The predicted octanol–water partition coefficient (Wildman–Crippen LogP) is 3.85. The maximum absolute atomic E-state index is 5.47. The molecule has 0 saturated carbocycles. The highest BCUT2D eigenvalue weighted by Crippen LogP contribution is 2.34. The van der Waals surface area contributed by atoms with E-state index in [0.29, 0.717) is 5.92 Å². The lowest BCUT2D eigenvalue weighted by molar-refractivity contribution is 0.406. The number of halogens is 1. The first kappa shape index (κ1) is 13.4. The molecule has 1 aliphatic heterocycles. The van der Waals surface area contributed by atoms with Crippen molar-refractivity contribution in [1.29, 1.82) is 0 Å². The van der Waals surface area contributed by atoms with Crippen LogP contribution in [0.4, 0.5) is 5.82 Å². The molecule has 0 aliphatic carbocycles. The summed E-state index contributed by atoms with van der Waals surface area (Å²) in [7, 11) is 1.74. The molecule has 1 fully saturated rings. The Labute approximate surface area is 127 Å². The Morgan fingerprint density at radius 1 is 1.25 bits per heavy atom. The zero-order valence-corrected chi connectivity index (χ0v) is 13.0. The van der Waals surface area contributed by atoms with E-state index in [1.807, 2.05) is 24.4 Å². The molecule has 4 heteroatoms. The number of pyridine rings is 1. The standard InChI is InChI=1S/C16H17BrN2O/c1-20-15-5-3-2-4-14(15)12-8-9-19(11-12)16-7-6-13(17)10-18-16/h2-7,10,12H,8-9,11H2,1H3. The van der Waals surface area contributed by atoms with Crippen LogP contribution in [0.2, 0.25) is 0 Å². The van der Waals surface area contributed by atoms with Crippen molar-refractivity contribution in [3.05, 3.63) is 52.6 Å². The van der Waals surface area contributed by atoms with E-state index in [2.05, 4.69) is 44.0 Å². The number of anilines is 1. The average molecular weight is 333 g/mol.